The van der Waals surface area contributed by atoms with Crippen molar-refractivity contribution in [3.63, 3.8) is 0 Å². The molecule has 0 atom stereocenters. The Labute approximate surface area is 165 Å². The molecule has 1 aliphatic carbocycles. The van der Waals surface area contributed by atoms with E-state index in [1.165, 1.54) is 0 Å². The number of amides is 1. The van der Waals surface area contributed by atoms with E-state index in [-0.39, 0.29) is 5.28 Å². The van der Waals surface area contributed by atoms with E-state index in [0.717, 1.165) is 24.1 Å². The van der Waals surface area contributed by atoms with Gasteiger partial charge in [-0.3, -0.25) is 5.32 Å². The molecule has 146 valence electrons. The molecule has 27 heavy (non-hydrogen) atoms. The SMILES string of the molecule is CC.CC(C)(C)OC(=O)Nc1cccc(Nc2nc(Cl)ncc2C2CC2)c1. The van der Waals surface area contributed by atoms with Crippen molar-refractivity contribution in [1.82, 2.24) is 9.97 Å². The minimum absolute atomic E-state index is 0.204. The molecule has 0 bridgehead atoms. The van der Waals surface area contributed by atoms with E-state index in [2.05, 4.69) is 20.6 Å². The summed E-state index contributed by atoms with van der Waals surface area (Å²) in [6.07, 6.45) is 3.56. The van der Waals surface area contributed by atoms with Crippen LogP contribution in [0.25, 0.3) is 0 Å². The van der Waals surface area contributed by atoms with Crippen LogP contribution in [-0.2, 0) is 4.74 Å². The zero-order chi connectivity index (χ0) is 20.0. The number of nitrogens with one attached hydrogen (secondary N) is 2. The molecule has 7 heteroatoms. The van der Waals surface area contributed by atoms with Gasteiger partial charge in [0.2, 0.25) is 5.28 Å². The Hall–Kier alpha value is -2.34. The van der Waals surface area contributed by atoms with Gasteiger partial charge in [-0.15, -0.1) is 0 Å². The van der Waals surface area contributed by atoms with Crippen LogP contribution in [0.3, 0.4) is 0 Å². The van der Waals surface area contributed by atoms with Gasteiger partial charge in [0.25, 0.3) is 0 Å². The number of carbonyl (C=O) groups excluding carboxylic acids is 1. The highest BCUT2D eigenvalue weighted by molar-refractivity contribution is 6.28. The third-order valence-electron chi connectivity index (χ3n) is 3.58. The fraction of sp³-hybridized carbons (Fsp3) is 0.450. The molecule has 0 aliphatic heterocycles. The average Bonchev–Trinajstić information content (AvgIpc) is 3.40. The second kappa shape index (κ2) is 9.04. The van der Waals surface area contributed by atoms with Crippen molar-refractivity contribution >= 4 is 34.9 Å². The Morgan fingerprint density at radius 2 is 1.89 bits per heavy atom. The molecular weight excluding hydrogens is 364 g/mol. The summed E-state index contributed by atoms with van der Waals surface area (Å²) < 4.78 is 5.27. The summed E-state index contributed by atoms with van der Waals surface area (Å²) in [6.45, 7) is 9.47. The van der Waals surface area contributed by atoms with Crippen molar-refractivity contribution in [2.24, 2.45) is 0 Å². The predicted octanol–water partition coefficient (Wildman–Crippen LogP) is 6.12. The van der Waals surface area contributed by atoms with Gasteiger partial charge >= 0.3 is 6.09 Å². The van der Waals surface area contributed by atoms with Gasteiger partial charge < -0.3 is 10.1 Å². The van der Waals surface area contributed by atoms with Crippen LogP contribution in [0, 0.1) is 0 Å². The van der Waals surface area contributed by atoms with Crippen molar-refractivity contribution in [3.8, 4) is 0 Å². The number of hydrogen-bond acceptors (Lipinski definition) is 5. The maximum atomic E-state index is 11.9. The van der Waals surface area contributed by atoms with Gasteiger partial charge in [-0.1, -0.05) is 19.9 Å². The van der Waals surface area contributed by atoms with Gasteiger partial charge in [-0.25, -0.2) is 14.8 Å². The summed E-state index contributed by atoms with van der Waals surface area (Å²) in [5.41, 5.74) is 1.95. The molecule has 1 aromatic carbocycles. The Morgan fingerprint density at radius 1 is 1.22 bits per heavy atom. The average molecular weight is 391 g/mol. The normalized spacial score (nSPS) is 13.3. The fourth-order valence-electron chi connectivity index (χ4n) is 2.40. The lowest BCUT2D eigenvalue weighted by atomic mass is 10.2. The monoisotopic (exact) mass is 390 g/mol. The van der Waals surface area contributed by atoms with E-state index in [4.69, 9.17) is 16.3 Å². The van der Waals surface area contributed by atoms with Gasteiger partial charge in [0.1, 0.15) is 11.4 Å². The highest BCUT2D eigenvalue weighted by atomic mass is 35.5. The van der Waals surface area contributed by atoms with Gasteiger partial charge in [-0.2, -0.15) is 0 Å². The molecule has 3 rings (SSSR count). The Kier molecular flexibility index (Phi) is 7.02. The van der Waals surface area contributed by atoms with E-state index in [9.17, 15) is 4.79 Å². The van der Waals surface area contributed by atoms with Crippen LogP contribution in [0.15, 0.2) is 30.5 Å². The lowest BCUT2D eigenvalue weighted by molar-refractivity contribution is 0.0636. The van der Waals surface area contributed by atoms with Gasteiger partial charge in [0, 0.05) is 23.1 Å². The van der Waals surface area contributed by atoms with E-state index in [1.54, 1.807) is 12.3 Å². The van der Waals surface area contributed by atoms with Crippen LogP contribution in [-0.4, -0.2) is 21.7 Å². The Bertz CT molecular complexity index is 786. The molecule has 2 aromatic rings. The molecule has 6 nitrogen and oxygen atoms in total. The summed E-state index contributed by atoms with van der Waals surface area (Å²) in [7, 11) is 0. The van der Waals surface area contributed by atoms with Crippen LogP contribution >= 0.6 is 11.6 Å². The van der Waals surface area contributed by atoms with Crippen molar-refractivity contribution in [1.29, 1.82) is 0 Å². The summed E-state index contributed by atoms with van der Waals surface area (Å²) in [5.74, 6) is 1.19. The van der Waals surface area contributed by atoms with E-state index >= 15 is 0 Å². The number of ether oxygens (including phenoxy) is 1. The van der Waals surface area contributed by atoms with E-state index in [1.807, 2.05) is 52.8 Å². The number of halogens is 1. The number of nitrogens with zero attached hydrogens (tertiary/aromatic N) is 2. The Morgan fingerprint density at radius 3 is 2.52 bits per heavy atom. The molecule has 1 amide bonds. The van der Waals surface area contributed by atoms with Crippen LogP contribution < -0.4 is 10.6 Å². The first kappa shape index (κ1) is 21.0. The van der Waals surface area contributed by atoms with E-state index in [0.29, 0.717) is 17.4 Å². The van der Waals surface area contributed by atoms with Crippen LogP contribution in [0.5, 0.6) is 0 Å². The molecule has 0 spiro atoms. The maximum Gasteiger partial charge on any atom is 0.412 e. The summed E-state index contributed by atoms with van der Waals surface area (Å²) in [6, 6.07) is 7.35. The summed E-state index contributed by atoms with van der Waals surface area (Å²) >= 11 is 5.93. The molecule has 1 saturated carbocycles. The molecule has 1 heterocycles. The van der Waals surface area contributed by atoms with Crippen LogP contribution in [0.1, 0.15) is 58.9 Å². The van der Waals surface area contributed by atoms with Crippen molar-refractivity contribution < 1.29 is 9.53 Å². The topological polar surface area (TPSA) is 76.1 Å². The lowest BCUT2D eigenvalue weighted by Gasteiger charge is -2.20. The Balaban J connectivity index is 0.00000126. The third-order valence-corrected chi connectivity index (χ3v) is 3.76. The largest absolute Gasteiger partial charge is 0.444 e. The smallest absolute Gasteiger partial charge is 0.412 e. The summed E-state index contributed by atoms with van der Waals surface area (Å²) in [5, 5.41) is 6.20. The second-order valence-corrected chi connectivity index (χ2v) is 7.39. The fourth-order valence-corrected chi connectivity index (χ4v) is 2.53. The van der Waals surface area contributed by atoms with Crippen molar-refractivity contribution in [2.45, 2.75) is 59.0 Å². The quantitative estimate of drug-likeness (QED) is 0.614. The molecule has 1 aliphatic rings. The molecule has 1 fully saturated rings. The third kappa shape index (κ3) is 6.71. The second-order valence-electron chi connectivity index (χ2n) is 7.05. The standard InChI is InChI=1S/C18H21ClN4O2.C2H6/c1-18(2,3)25-17(24)22-13-6-4-5-12(9-13)21-15-14(11-7-8-11)10-20-16(19)23-15;1-2/h4-6,9-11H,7-8H2,1-3H3,(H,22,24)(H,20,21,23);1-2H3. The molecule has 1 aromatic heterocycles. The number of carbonyl (C=O) groups is 1. The molecule has 0 saturated heterocycles. The number of benzene rings is 1. The highest BCUT2D eigenvalue weighted by Gasteiger charge is 2.27. The zero-order valence-corrected chi connectivity index (χ0v) is 17.2. The van der Waals surface area contributed by atoms with Crippen molar-refractivity contribution in [2.75, 3.05) is 10.6 Å². The van der Waals surface area contributed by atoms with Gasteiger partial charge in [0.15, 0.2) is 0 Å². The lowest BCUT2D eigenvalue weighted by Crippen LogP contribution is -2.27. The molecule has 0 unspecified atom stereocenters. The highest BCUT2D eigenvalue weighted by Crippen LogP contribution is 2.43. The first-order valence-electron chi connectivity index (χ1n) is 9.20. The molecular formula is C20H27ClN4O2. The van der Waals surface area contributed by atoms with Crippen LogP contribution in [0.2, 0.25) is 5.28 Å². The number of hydrogen-bond donors (Lipinski definition) is 2. The molecule has 0 radical (unpaired) electrons. The van der Waals surface area contributed by atoms with Crippen molar-refractivity contribution in [3.05, 3.63) is 41.3 Å². The van der Waals surface area contributed by atoms with Gasteiger partial charge in [0.05, 0.1) is 0 Å². The summed E-state index contributed by atoms with van der Waals surface area (Å²) in [4.78, 5) is 20.3. The first-order chi connectivity index (χ1) is 12.8. The minimum Gasteiger partial charge on any atom is -0.444 e. The van der Waals surface area contributed by atoms with E-state index < -0.39 is 11.7 Å². The first-order valence-corrected chi connectivity index (χ1v) is 9.57. The number of rotatable bonds is 4. The molecule has 2 N–H and O–H groups in total. The minimum atomic E-state index is -0.545. The van der Waals surface area contributed by atoms with Crippen LogP contribution in [0.4, 0.5) is 22.0 Å². The number of aromatic nitrogens is 2. The number of anilines is 3. The van der Waals surface area contributed by atoms with Gasteiger partial charge in [-0.05, 0) is 69.3 Å². The zero-order valence-electron chi connectivity index (χ0n) is 16.5. The predicted molar refractivity (Wildman–Crippen MR) is 110 cm³/mol. The maximum absolute atomic E-state index is 11.9.